The van der Waals surface area contributed by atoms with Crippen molar-refractivity contribution in [2.24, 2.45) is 5.41 Å². The van der Waals surface area contributed by atoms with E-state index in [4.69, 9.17) is 4.42 Å². The van der Waals surface area contributed by atoms with Crippen LogP contribution in [0.1, 0.15) is 55.6 Å². The number of oxazole rings is 1. The van der Waals surface area contributed by atoms with Gasteiger partial charge in [0.1, 0.15) is 17.6 Å². The van der Waals surface area contributed by atoms with E-state index in [1.54, 1.807) is 34.4 Å². The number of thiazole rings is 1. The monoisotopic (exact) mass is 637 g/mol. The molecule has 3 heterocycles. The molecule has 11 heteroatoms. The lowest BCUT2D eigenvalue weighted by Gasteiger charge is -2.35. The normalized spacial score (nSPS) is 16.1. The molecule has 0 saturated carbocycles. The molecule has 41 heavy (non-hydrogen) atoms. The van der Waals surface area contributed by atoms with Crippen molar-refractivity contribution >= 4 is 56.1 Å². The molecule has 5 rings (SSSR count). The molecule has 0 aliphatic carbocycles. The van der Waals surface area contributed by atoms with Gasteiger partial charge in [-0.25, -0.2) is 9.97 Å². The molecule has 1 saturated heterocycles. The van der Waals surface area contributed by atoms with Gasteiger partial charge in [-0.15, -0.1) is 11.3 Å². The van der Waals surface area contributed by atoms with Gasteiger partial charge in [-0.1, -0.05) is 61.0 Å². The Hall–Kier alpha value is -3.57. The largest absolute Gasteiger partial charge is 0.432 e. The summed E-state index contributed by atoms with van der Waals surface area (Å²) in [7, 11) is 0. The van der Waals surface area contributed by atoms with Gasteiger partial charge in [-0.05, 0) is 54.5 Å². The van der Waals surface area contributed by atoms with Gasteiger partial charge in [0.25, 0.3) is 5.89 Å². The SMILES string of the molecule is Cc1ncsc1-c1ccc(CNC(=O)[C@@H]2CCCN2C(=O)C(NC(=O)c2nc3cc(Br)ccc3o2)C(C)(C)C)cc1. The summed E-state index contributed by atoms with van der Waals surface area (Å²) in [6.07, 6.45) is 1.27. The summed E-state index contributed by atoms with van der Waals surface area (Å²) in [5.74, 6) is -1.21. The maximum absolute atomic E-state index is 13.8. The van der Waals surface area contributed by atoms with E-state index < -0.39 is 23.4 Å². The van der Waals surface area contributed by atoms with Gasteiger partial charge in [0, 0.05) is 17.6 Å². The molecule has 4 aromatic rings. The minimum absolute atomic E-state index is 0.118. The van der Waals surface area contributed by atoms with Crippen LogP contribution in [0.5, 0.6) is 0 Å². The molecule has 3 amide bonds. The molecule has 2 atom stereocenters. The maximum Gasteiger partial charge on any atom is 0.307 e. The Morgan fingerprint density at radius 2 is 1.93 bits per heavy atom. The summed E-state index contributed by atoms with van der Waals surface area (Å²) in [6, 6.07) is 11.8. The molecule has 2 aromatic carbocycles. The van der Waals surface area contributed by atoms with E-state index in [1.165, 1.54) is 0 Å². The minimum atomic E-state index is -0.882. The molecule has 214 valence electrons. The number of aromatic nitrogens is 2. The highest BCUT2D eigenvalue weighted by Gasteiger charge is 2.42. The zero-order valence-electron chi connectivity index (χ0n) is 23.4. The Balaban J connectivity index is 1.25. The first-order valence-corrected chi connectivity index (χ1v) is 15.1. The van der Waals surface area contributed by atoms with Crippen LogP contribution in [-0.4, -0.2) is 51.2 Å². The third kappa shape index (κ3) is 6.36. The van der Waals surface area contributed by atoms with Gasteiger partial charge < -0.3 is 20.0 Å². The quantitative estimate of drug-likeness (QED) is 0.277. The van der Waals surface area contributed by atoms with Gasteiger partial charge in [0.05, 0.1) is 16.1 Å². The standard InChI is InChI=1S/C30H32BrN5O4S/c1-17-24(41-16-33-17)19-9-7-18(8-10-19)15-32-26(37)22-6-5-13-36(22)29(39)25(30(2,3)4)35-27(38)28-34-21-14-20(31)11-12-23(21)40-28/h7-12,14,16,22,25H,5-6,13,15H2,1-4H3,(H,32,37)(H,35,38)/t22-,25?/m0/s1. The zero-order chi connectivity index (χ0) is 29.3. The van der Waals surface area contributed by atoms with Crippen LogP contribution in [0.4, 0.5) is 0 Å². The van der Waals surface area contributed by atoms with Gasteiger partial charge in [-0.3, -0.25) is 14.4 Å². The van der Waals surface area contributed by atoms with Gasteiger partial charge in [0.15, 0.2) is 5.58 Å². The number of hydrogen-bond donors (Lipinski definition) is 2. The van der Waals surface area contributed by atoms with Gasteiger partial charge in [0.2, 0.25) is 11.8 Å². The first-order chi connectivity index (χ1) is 19.5. The average molecular weight is 639 g/mol. The number of amides is 3. The number of benzene rings is 2. The Labute approximate surface area is 250 Å². The summed E-state index contributed by atoms with van der Waals surface area (Å²) < 4.78 is 6.45. The molecular formula is C30H32BrN5O4S. The molecule has 2 N–H and O–H groups in total. The fourth-order valence-corrected chi connectivity index (χ4v) is 6.13. The number of fused-ring (bicyclic) bond motifs is 1. The topological polar surface area (TPSA) is 117 Å². The second-order valence-electron chi connectivity index (χ2n) is 11.3. The van der Waals surface area contributed by atoms with Crippen molar-refractivity contribution in [3.8, 4) is 10.4 Å². The van der Waals surface area contributed by atoms with Crippen LogP contribution >= 0.6 is 27.3 Å². The van der Waals surface area contributed by atoms with E-state index >= 15 is 0 Å². The van der Waals surface area contributed by atoms with Gasteiger partial charge in [-0.2, -0.15) is 0 Å². The summed E-state index contributed by atoms with van der Waals surface area (Å²) in [5.41, 5.74) is 5.27. The lowest BCUT2D eigenvalue weighted by Crippen LogP contribution is -2.57. The summed E-state index contributed by atoms with van der Waals surface area (Å²) in [5, 5.41) is 5.83. The van der Waals surface area contributed by atoms with Crippen LogP contribution < -0.4 is 10.6 Å². The highest BCUT2D eigenvalue weighted by Crippen LogP contribution is 2.28. The molecule has 1 unspecified atom stereocenters. The molecule has 2 aromatic heterocycles. The van der Waals surface area contributed by atoms with E-state index in [0.29, 0.717) is 37.0 Å². The number of carbonyl (C=O) groups is 3. The third-order valence-corrected chi connectivity index (χ3v) is 8.67. The highest BCUT2D eigenvalue weighted by molar-refractivity contribution is 9.10. The Morgan fingerprint density at radius 3 is 2.61 bits per heavy atom. The van der Waals surface area contributed by atoms with E-state index in [9.17, 15) is 14.4 Å². The Kier molecular flexibility index (Phi) is 8.28. The average Bonchev–Trinajstić information content (AvgIpc) is 3.69. The highest BCUT2D eigenvalue weighted by atomic mass is 79.9. The molecule has 0 bridgehead atoms. The van der Waals surface area contributed by atoms with Crippen LogP contribution in [0.25, 0.3) is 21.5 Å². The molecule has 1 fully saturated rings. The van der Waals surface area contributed by atoms with Crippen molar-refractivity contribution in [3.63, 3.8) is 0 Å². The second kappa shape index (κ2) is 11.7. The molecule has 1 aliphatic rings. The van der Waals surface area contributed by atoms with Crippen molar-refractivity contribution in [1.29, 1.82) is 0 Å². The van der Waals surface area contributed by atoms with E-state index in [-0.39, 0.29) is 17.7 Å². The second-order valence-corrected chi connectivity index (χ2v) is 13.0. The molecule has 9 nitrogen and oxygen atoms in total. The van der Waals surface area contributed by atoms with Crippen LogP contribution in [0, 0.1) is 12.3 Å². The zero-order valence-corrected chi connectivity index (χ0v) is 25.8. The molecular weight excluding hydrogens is 606 g/mol. The van der Waals surface area contributed by atoms with Crippen molar-refractivity contribution in [3.05, 3.63) is 69.6 Å². The minimum Gasteiger partial charge on any atom is -0.432 e. The van der Waals surface area contributed by atoms with Crippen LogP contribution in [-0.2, 0) is 16.1 Å². The van der Waals surface area contributed by atoms with E-state index in [0.717, 1.165) is 26.2 Å². The number of rotatable bonds is 7. The first-order valence-electron chi connectivity index (χ1n) is 13.5. The smallest absolute Gasteiger partial charge is 0.307 e. The van der Waals surface area contributed by atoms with E-state index in [1.807, 2.05) is 57.5 Å². The summed E-state index contributed by atoms with van der Waals surface area (Å²) in [4.78, 5) is 51.5. The molecule has 0 radical (unpaired) electrons. The number of nitrogens with zero attached hydrogens (tertiary/aromatic N) is 3. The van der Waals surface area contributed by atoms with E-state index in [2.05, 4.69) is 36.5 Å². The fourth-order valence-electron chi connectivity index (χ4n) is 4.97. The van der Waals surface area contributed by atoms with Crippen LogP contribution in [0.3, 0.4) is 0 Å². The number of aryl methyl sites for hydroxylation is 1. The Bertz CT molecular complexity index is 1590. The number of nitrogens with one attached hydrogen (secondary N) is 2. The number of likely N-dealkylation sites (tertiary alicyclic amines) is 1. The van der Waals surface area contributed by atoms with Crippen molar-refractivity contribution < 1.29 is 18.8 Å². The summed E-state index contributed by atoms with van der Waals surface area (Å²) in [6.45, 7) is 8.41. The van der Waals surface area contributed by atoms with Crippen molar-refractivity contribution in [2.45, 2.75) is 59.2 Å². The van der Waals surface area contributed by atoms with Gasteiger partial charge >= 0.3 is 5.91 Å². The predicted molar refractivity (Wildman–Crippen MR) is 161 cm³/mol. The number of carbonyl (C=O) groups excluding carboxylic acids is 3. The molecule has 1 aliphatic heterocycles. The number of halogens is 1. The predicted octanol–water partition coefficient (Wildman–Crippen LogP) is 5.47. The third-order valence-electron chi connectivity index (χ3n) is 7.20. The van der Waals surface area contributed by atoms with Crippen molar-refractivity contribution in [2.75, 3.05) is 6.54 Å². The fraction of sp³-hybridized carbons (Fsp3) is 0.367. The number of hydrogen-bond acceptors (Lipinski definition) is 7. The Morgan fingerprint density at radius 1 is 1.17 bits per heavy atom. The first kappa shape index (κ1) is 28.9. The summed E-state index contributed by atoms with van der Waals surface area (Å²) >= 11 is 4.99. The van der Waals surface area contributed by atoms with Crippen LogP contribution in [0.2, 0.25) is 0 Å². The van der Waals surface area contributed by atoms with Crippen molar-refractivity contribution in [1.82, 2.24) is 25.5 Å². The van der Waals surface area contributed by atoms with Crippen LogP contribution in [0.15, 0.2) is 56.9 Å². The lowest BCUT2D eigenvalue weighted by molar-refractivity contribution is -0.141. The maximum atomic E-state index is 13.8. The lowest BCUT2D eigenvalue weighted by atomic mass is 9.85. The molecule has 0 spiro atoms.